The molecule has 1 atom stereocenters. The third-order valence-corrected chi connectivity index (χ3v) is 3.70. The topological polar surface area (TPSA) is 123 Å². The summed E-state index contributed by atoms with van der Waals surface area (Å²) in [5.74, 6) is -0.100. The molecule has 0 saturated heterocycles. The summed E-state index contributed by atoms with van der Waals surface area (Å²) in [6.45, 7) is 3.55. The minimum Gasteiger partial charge on any atom is -0.346 e. The summed E-state index contributed by atoms with van der Waals surface area (Å²) >= 11 is 5.83. The second-order valence-corrected chi connectivity index (χ2v) is 6.22. The smallest absolute Gasteiger partial charge is 0.246 e. The lowest BCUT2D eigenvalue weighted by Gasteiger charge is -2.14. The maximum atomic E-state index is 11.8. The number of hydrogen-bond donors (Lipinski definition) is 3. The monoisotopic (exact) mass is 365 g/mol. The Morgan fingerprint density at radius 3 is 2.56 bits per heavy atom. The van der Waals surface area contributed by atoms with Gasteiger partial charge in [-0.05, 0) is 30.2 Å². The zero-order valence-corrected chi connectivity index (χ0v) is 14.7. The molecule has 0 aliphatic rings. The van der Waals surface area contributed by atoms with Crippen molar-refractivity contribution in [3.8, 4) is 11.4 Å². The molecule has 0 saturated carbocycles. The molecule has 0 radical (unpaired) electrons. The summed E-state index contributed by atoms with van der Waals surface area (Å²) < 4.78 is 5.08. The summed E-state index contributed by atoms with van der Waals surface area (Å²) in [4.78, 5) is 27.6. The molecule has 0 aliphatic heterocycles. The van der Waals surface area contributed by atoms with Gasteiger partial charge in [-0.3, -0.25) is 9.59 Å². The van der Waals surface area contributed by atoms with Gasteiger partial charge in [0.05, 0.1) is 19.1 Å². The normalized spacial score (nSPS) is 12.0. The summed E-state index contributed by atoms with van der Waals surface area (Å²) in [6.07, 6.45) is 0. The van der Waals surface area contributed by atoms with Gasteiger partial charge in [0.1, 0.15) is 0 Å². The van der Waals surface area contributed by atoms with Crippen molar-refractivity contribution in [2.75, 3.05) is 6.54 Å². The van der Waals surface area contributed by atoms with Gasteiger partial charge in [-0.25, -0.2) is 0 Å². The largest absolute Gasteiger partial charge is 0.346 e. The summed E-state index contributed by atoms with van der Waals surface area (Å²) in [5, 5.41) is 9.52. The highest BCUT2D eigenvalue weighted by Crippen LogP contribution is 2.18. The van der Waals surface area contributed by atoms with E-state index < -0.39 is 6.04 Å². The van der Waals surface area contributed by atoms with Crippen LogP contribution in [0.15, 0.2) is 28.8 Å². The number of aromatic nitrogens is 2. The first-order valence-corrected chi connectivity index (χ1v) is 8.13. The summed E-state index contributed by atoms with van der Waals surface area (Å²) in [6, 6.07) is 6.33. The average molecular weight is 366 g/mol. The Morgan fingerprint density at radius 2 is 1.92 bits per heavy atom. The van der Waals surface area contributed by atoms with Crippen LogP contribution in [0.1, 0.15) is 19.7 Å². The van der Waals surface area contributed by atoms with Gasteiger partial charge < -0.3 is 20.9 Å². The van der Waals surface area contributed by atoms with Crippen molar-refractivity contribution in [3.05, 3.63) is 35.2 Å². The van der Waals surface area contributed by atoms with E-state index >= 15 is 0 Å². The van der Waals surface area contributed by atoms with Crippen molar-refractivity contribution in [3.63, 3.8) is 0 Å². The van der Waals surface area contributed by atoms with Crippen LogP contribution in [0.2, 0.25) is 5.02 Å². The van der Waals surface area contributed by atoms with E-state index in [9.17, 15) is 9.59 Å². The highest BCUT2D eigenvalue weighted by atomic mass is 35.5. The van der Waals surface area contributed by atoms with Gasteiger partial charge in [0.2, 0.25) is 23.5 Å². The van der Waals surface area contributed by atoms with E-state index in [0.717, 1.165) is 5.56 Å². The SMILES string of the molecule is CC(C)[C@H](N)C(=O)NCC(=O)NCc1nc(-c2ccc(Cl)cc2)no1. The Bertz CT molecular complexity index is 730. The van der Waals surface area contributed by atoms with Crippen LogP contribution >= 0.6 is 11.6 Å². The maximum absolute atomic E-state index is 11.8. The molecule has 0 unspecified atom stereocenters. The fraction of sp³-hybridized carbons (Fsp3) is 0.375. The molecule has 4 N–H and O–H groups in total. The van der Waals surface area contributed by atoms with Gasteiger partial charge in [0.25, 0.3) is 0 Å². The van der Waals surface area contributed by atoms with Crippen molar-refractivity contribution in [1.29, 1.82) is 0 Å². The molecule has 8 nitrogen and oxygen atoms in total. The Labute approximate surface area is 150 Å². The van der Waals surface area contributed by atoms with Gasteiger partial charge in [0, 0.05) is 10.6 Å². The molecule has 0 bridgehead atoms. The molecular weight excluding hydrogens is 346 g/mol. The lowest BCUT2D eigenvalue weighted by Crippen LogP contribution is -2.47. The molecule has 2 aromatic rings. The van der Waals surface area contributed by atoms with E-state index in [1.54, 1.807) is 24.3 Å². The van der Waals surface area contributed by atoms with Gasteiger partial charge in [-0.15, -0.1) is 0 Å². The Balaban J connectivity index is 1.80. The maximum Gasteiger partial charge on any atom is 0.246 e. The number of halogens is 1. The fourth-order valence-corrected chi connectivity index (χ4v) is 1.99. The number of amides is 2. The lowest BCUT2D eigenvalue weighted by molar-refractivity contribution is -0.127. The number of benzene rings is 1. The number of nitrogens with one attached hydrogen (secondary N) is 2. The van der Waals surface area contributed by atoms with Crippen LogP contribution in [-0.4, -0.2) is 34.5 Å². The van der Waals surface area contributed by atoms with E-state index in [0.29, 0.717) is 10.8 Å². The number of nitrogens with two attached hydrogens (primary N) is 1. The van der Waals surface area contributed by atoms with Crippen molar-refractivity contribution >= 4 is 23.4 Å². The average Bonchev–Trinajstić information content (AvgIpc) is 3.06. The molecule has 9 heteroatoms. The molecular formula is C16H20ClN5O3. The van der Waals surface area contributed by atoms with Gasteiger partial charge in [-0.2, -0.15) is 4.98 Å². The molecule has 2 rings (SSSR count). The van der Waals surface area contributed by atoms with E-state index in [4.69, 9.17) is 21.9 Å². The van der Waals surface area contributed by atoms with Crippen LogP contribution < -0.4 is 16.4 Å². The minimum atomic E-state index is -0.648. The number of rotatable bonds is 7. The summed E-state index contributed by atoms with van der Waals surface area (Å²) in [7, 11) is 0. The van der Waals surface area contributed by atoms with Gasteiger partial charge in [0.15, 0.2) is 0 Å². The quantitative estimate of drug-likeness (QED) is 0.675. The van der Waals surface area contributed by atoms with Crippen LogP contribution in [0.25, 0.3) is 11.4 Å². The zero-order chi connectivity index (χ0) is 18.4. The number of carbonyl (C=O) groups excluding carboxylic acids is 2. The molecule has 0 aliphatic carbocycles. The second kappa shape index (κ2) is 8.59. The predicted molar refractivity (Wildman–Crippen MR) is 92.4 cm³/mol. The number of carbonyl (C=O) groups is 2. The number of nitrogens with zero attached hydrogens (tertiary/aromatic N) is 2. The highest BCUT2D eigenvalue weighted by molar-refractivity contribution is 6.30. The predicted octanol–water partition coefficient (Wildman–Crippen LogP) is 1.11. The van der Waals surface area contributed by atoms with Crippen molar-refractivity contribution in [2.45, 2.75) is 26.4 Å². The molecule has 0 spiro atoms. The van der Waals surface area contributed by atoms with Crippen molar-refractivity contribution in [2.24, 2.45) is 11.7 Å². The molecule has 0 fully saturated rings. The van der Waals surface area contributed by atoms with Crippen LogP contribution in [0, 0.1) is 5.92 Å². The molecule has 2 amide bonds. The van der Waals surface area contributed by atoms with E-state index in [2.05, 4.69) is 20.8 Å². The van der Waals surface area contributed by atoms with Crippen molar-refractivity contribution in [1.82, 2.24) is 20.8 Å². The third kappa shape index (κ3) is 5.54. The van der Waals surface area contributed by atoms with Crippen LogP contribution in [0.5, 0.6) is 0 Å². The third-order valence-electron chi connectivity index (χ3n) is 3.45. The minimum absolute atomic E-state index is 0.00672. The molecule has 134 valence electrons. The Hall–Kier alpha value is -2.45. The highest BCUT2D eigenvalue weighted by Gasteiger charge is 2.17. The first kappa shape index (κ1) is 18.9. The van der Waals surface area contributed by atoms with Gasteiger partial charge >= 0.3 is 0 Å². The Kier molecular flexibility index (Phi) is 6.49. The second-order valence-electron chi connectivity index (χ2n) is 5.78. The standard InChI is InChI=1S/C16H20ClN5O3/c1-9(2)14(18)16(24)20-7-12(23)19-8-13-21-15(22-25-13)10-3-5-11(17)6-4-10/h3-6,9,14H,7-8,18H2,1-2H3,(H,19,23)(H,20,24)/t14-/m0/s1. The first-order chi connectivity index (χ1) is 11.9. The lowest BCUT2D eigenvalue weighted by atomic mass is 10.1. The Morgan fingerprint density at radius 1 is 1.24 bits per heavy atom. The first-order valence-electron chi connectivity index (χ1n) is 7.75. The molecule has 1 aromatic carbocycles. The molecule has 1 aromatic heterocycles. The van der Waals surface area contributed by atoms with E-state index in [-0.39, 0.29) is 36.7 Å². The van der Waals surface area contributed by atoms with Crippen LogP contribution in [0.4, 0.5) is 0 Å². The molecule has 1 heterocycles. The zero-order valence-electron chi connectivity index (χ0n) is 14.0. The van der Waals surface area contributed by atoms with E-state index in [1.165, 1.54) is 0 Å². The van der Waals surface area contributed by atoms with E-state index in [1.807, 2.05) is 13.8 Å². The van der Waals surface area contributed by atoms with Crippen LogP contribution in [-0.2, 0) is 16.1 Å². The van der Waals surface area contributed by atoms with Crippen molar-refractivity contribution < 1.29 is 14.1 Å². The fourth-order valence-electron chi connectivity index (χ4n) is 1.87. The van der Waals surface area contributed by atoms with Crippen LogP contribution in [0.3, 0.4) is 0 Å². The number of hydrogen-bond acceptors (Lipinski definition) is 6. The van der Waals surface area contributed by atoms with Gasteiger partial charge in [-0.1, -0.05) is 30.6 Å². The summed E-state index contributed by atoms with van der Waals surface area (Å²) in [5.41, 5.74) is 6.44. The molecule has 25 heavy (non-hydrogen) atoms.